The second-order valence-corrected chi connectivity index (χ2v) is 6.76. The number of carbonyl (C=O) groups excluding carboxylic acids is 3. The second kappa shape index (κ2) is 10.9. The Morgan fingerprint density at radius 1 is 1.03 bits per heavy atom. The standard InChI is InChI=1S/C21H20F2N2O7/c1-31-19(27)11-17(13-3-5-16(6-4-13)25(29)30)20(21(28)32-2)24-18(26)9-12-7-14(22)10-15(23)8-12/h3-8,10,17,20H,9,11H2,1-2H3,(H,24,26)/t17-,20+/m0/s1. The molecule has 1 amide bonds. The molecule has 9 nitrogen and oxygen atoms in total. The molecule has 2 rings (SSSR count). The van der Waals surface area contributed by atoms with Gasteiger partial charge in [-0.25, -0.2) is 13.6 Å². The van der Waals surface area contributed by atoms with Crippen molar-refractivity contribution in [3.63, 3.8) is 0 Å². The Kier molecular flexibility index (Phi) is 8.33. The smallest absolute Gasteiger partial charge is 0.329 e. The van der Waals surface area contributed by atoms with E-state index in [1.807, 2.05) is 0 Å². The first-order chi connectivity index (χ1) is 15.1. The molecule has 11 heteroatoms. The molecule has 0 aliphatic rings. The van der Waals surface area contributed by atoms with Crippen molar-refractivity contribution in [2.45, 2.75) is 24.8 Å². The van der Waals surface area contributed by atoms with Crippen molar-refractivity contribution >= 4 is 23.5 Å². The van der Waals surface area contributed by atoms with Gasteiger partial charge >= 0.3 is 11.9 Å². The Hall–Kier alpha value is -3.89. The third kappa shape index (κ3) is 6.56. The fourth-order valence-electron chi connectivity index (χ4n) is 3.11. The zero-order chi connectivity index (χ0) is 23.8. The molecule has 0 aromatic heterocycles. The maximum Gasteiger partial charge on any atom is 0.329 e. The lowest BCUT2D eigenvalue weighted by Gasteiger charge is -2.26. The van der Waals surface area contributed by atoms with Crippen LogP contribution in [0.2, 0.25) is 0 Å². The van der Waals surface area contributed by atoms with E-state index in [1.165, 1.54) is 24.3 Å². The quantitative estimate of drug-likeness (QED) is 0.353. The van der Waals surface area contributed by atoms with Crippen LogP contribution in [0.1, 0.15) is 23.5 Å². The predicted octanol–water partition coefficient (Wildman–Crippen LogP) is 2.42. The largest absolute Gasteiger partial charge is 0.469 e. The van der Waals surface area contributed by atoms with E-state index in [0.29, 0.717) is 11.6 Å². The molecule has 0 unspecified atom stereocenters. The third-order valence-corrected chi connectivity index (χ3v) is 4.61. The molecule has 0 aliphatic carbocycles. The van der Waals surface area contributed by atoms with Gasteiger partial charge in [0.2, 0.25) is 5.91 Å². The van der Waals surface area contributed by atoms with Gasteiger partial charge in [0.15, 0.2) is 0 Å². The second-order valence-electron chi connectivity index (χ2n) is 6.76. The van der Waals surface area contributed by atoms with Crippen LogP contribution >= 0.6 is 0 Å². The van der Waals surface area contributed by atoms with Crippen molar-refractivity contribution in [1.82, 2.24) is 5.32 Å². The number of nitrogens with one attached hydrogen (secondary N) is 1. The number of methoxy groups -OCH3 is 2. The summed E-state index contributed by atoms with van der Waals surface area (Å²) in [6.07, 6.45) is -0.809. The van der Waals surface area contributed by atoms with Gasteiger partial charge in [0, 0.05) is 24.1 Å². The SMILES string of the molecule is COC(=O)C[C@@H](c1ccc([N+](=O)[O-])cc1)[C@@H](NC(=O)Cc1cc(F)cc(F)c1)C(=O)OC. The zero-order valence-electron chi connectivity index (χ0n) is 17.2. The van der Waals surface area contributed by atoms with Crippen molar-refractivity contribution in [1.29, 1.82) is 0 Å². The highest BCUT2D eigenvalue weighted by molar-refractivity contribution is 5.87. The molecular weight excluding hydrogens is 430 g/mol. The van der Waals surface area contributed by atoms with Gasteiger partial charge in [0.25, 0.3) is 5.69 Å². The summed E-state index contributed by atoms with van der Waals surface area (Å²) < 4.78 is 36.2. The Balaban J connectivity index is 2.34. The van der Waals surface area contributed by atoms with Gasteiger partial charge in [-0.15, -0.1) is 0 Å². The minimum atomic E-state index is -1.38. The van der Waals surface area contributed by atoms with Gasteiger partial charge < -0.3 is 14.8 Å². The van der Waals surface area contributed by atoms with E-state index in [0.717, 1.165) is 26.4 Å². The van der Waals surface area contributed by atoms with Gasteiger partial charge in [-0.1, -0.05) is 12.1 Å². The van der Waals surface area contributed by atoms with Crippen molar-refractivity contribution in [3.8, 4) is 0 Å². The van der Waals surface area contributed by atoms with E-state index in [4.69, 9.17) is 4.74 Å². The van der Waals surface area contributed by atoms with Gasteiger partial charge in [-0.2, -0.15) is 0 Å². The molecule has 0 saturated heterocycles. The van der Waals surface area contributed by atoms with Crippen LogP contribution in [0.25, 0.3) is 0 Å². The van der Waals surface area contributed by atoms with E-state index >= 15 is 0 Å². The van der Waals surface area contributed by atoms with E-state index in [9.17, 15) is 33.3 Å². The minimum Gasteiger partial charge on any atom is -0.469 e. The molecule has 32 heavy (non-hydrogen) atoms. The summed E-state index contributed by atoms with van der Waals surface area (Å²) in [4.78, 5) is 47.2. The van der Waals surface area contributed by atoms with Gasteiger partial charge in [-0.05, 0) is 23.3 Å². The number of halogens is 2. The average molecular weight is 450 g/mol. The molecule has 2 aromatic rings. The molecule has 2 atom stereocenters. The number of esters is 2. The fourth-order valence-corrected chi connectivity index (χ4v) is 3.11. The number of benzene rings is 2. The maximum atomic E-state index is 13.4. The van der Waals surface area contributed by atoms with E-state index in [-0.39, 0.29) is 17.7 Å². The molecule has 0 heterocycles. The summed E-state index contributed by atoms with van der Waals surface area (Å²) in [5.41, 5.74) is 0.148. The third-order valence-electron chi connectivity index (χ3n) is 4.61. The Morgan fingerprint density at radius 2 is 1.62 bits per heavy atom. The normalized spacial score (nSPS) is 12.4. The van der Waals surface area contributed by atoms with Crippen molar-refractivity contribution < 1.29 is 37.6 Å². The number of nitro benzene ring substituents is 1. The van der Waals surface area contributed by atoms with Gasteiger partial charge in [0.1, 0.15) is 17.7 Å². The highest BCUT2D eigenvalue weighted by Crippen LogP contribution is 2.27. The van der Waals surface area contributed by atoms with Crippen molar-refractivity contribution in [2.24, 2.45) is 0 Å². The van der Waals surface area contributed by atoms with Crippen LogP contribution in [-0.4, -0.2) is 43.0 Å². The summed E-state index contributed by atoms with van der Waals surface area (Å²) in [7, 11) is 2.22. The zero-order valence-corrected chi connectivity index (χ0v) is 17.2. The van der Waals surface area contributed by atoms with Crippen LogP contribution in [0.3, 0.4) is 0 Å². The van der Waals surface area contributed by atoms with Gasteiger partial charge in [0.05, 0.1) is 32.0 Å². The number of ether oxygens (including phenoxy) is 2. The molecule has 170 valence electrons. The summed E-state index contributed by atoms with van der Waals surface area (Å²) in [5.74, 6) is -5.09. The molecular formula is C21H20F2N2O7. The van der Waals surface area contributed by atoms with Gasteiger partial charge in [-0.3, -0.25) is 19.7 Å². The first-order valence-corrected chi connectivity index (χ1v) is 9.28. The lowest BCUT2D eigenvalue weighted by molar-refractivity contribution is -0.384. The number of nitro groups is 1. The number of amides is 1. The Labute approximate surface area is 181 Å². The topological polar surface area (TPSA) is 125 Å². The minimum absolute atomic E-state index is 0.0310. The van der Waals surface area contributed by atoms with Crippen LogP contribution in [0.4, 0.5) is 14.5 Å². The first-order valence-electron chi connectivity index (χ1n) is 9.28. The lowest BCUT2D eigenvalue weighted by Crippen LogP contribution is -2.46. The van der Waals surface area contributed by atoms with Crippen LogP contribution in [0.15, 0.2) is 42.5 Å². The lowest BCUT2D eigenvalue weighted by atomic mass is 9.88. The van der Waals surface area contributed by atoms with Crippen LogP contribution < -0.4 is 5.32 Å². The molecule has 0 saturated carbocycles. The predicted molar refractivity (Wildman–Crippen MR) is 106 cm³/mol. The maximum absolute atomic E-state index is 13.4. The van der Waals surface area contributed by atoms with Crippen molar-refractivity contribution in [3.05, 3.63) is 75.3 Å². The average Bonchev–Trinajstić information content (AvgIpc) is 2.74. The number of rotatable bonds is 9. The highest BCUT2D eigenvalue weighted by atomic mass is 19.1. The molecule has 0 aliphatic heterocycles. The van der Waals surface area contributed by atoms with Crippen LogP contribution in [0.5, 0.6) is 0 Å². The number of hydrogen-bond acceptors (Lipinski definition) is 7. The highest BCUT2D eigenvalue weighted by Gasteiger charge is 2.34. The summed E-state index contributed by atoms with van der Waals surface area (Å²) in [5, 5.41) is 13.3. The molecule has 2 aromatic carbocycles. The number of carbonyl (C=O) groups is 3. The summed E-state index contributed by atoms with van der Waals surface area (Å²) in [6.45, 7) is 0. The molecule has 0 bridgehead atoms. The van der Waals surface area contributed by atoms with Crippen LogP contribution in [-0.2, 0) is 30.3 Å². The molecule has 0 radical (unpaired) electrons. The van der Waals surface area contributed by atoms with E-state index in [2.05, 4.69) is 10.1 Å². The molecule has 0 fully saturated rings. The molecule has 1 N–H and O–H groups in total. The van der Waals surface area contributed by atoms with Crippen molar-refractivity contribution in [2.75, 3.05) is 14.2 Å². The van der Waals surface area contributed by atoms with E-state index in [1.54, 1.807) is 0 Å². The van der Waals surface area contributed by atoms with Crippen LogP contribution in [0, 0.1) is 21.7 Å². The first kappa shape index (κ1) is 24.4. The molecule has 0 spiro atoms. The summed E-state index contributed by atoms with van der Waals surface area (Å²) in [6, 6.07) is 6.27. The monoisotopic (exact) mass is 450 g/mol. The Morgan fingerprint density at radius 3 is 2.12 bits per heavy atom. The number of nitrogens with zero attached hydrogens (tertiary/aromatic N) is 1. The number of hydrogen-bond donors (Lipinski definition) is 1. The van der Waals surface area contributed by atoms with E-state index < -0.39 is 52.8 Å². The fraction of sp³-hybridized carbons (Fsp3) is 0.286. The Bertz CT molecular complexity index is 991. The summed E-state index contributed by atoms with van der Waals surface area (Å²) >= 11 is 0. The number of non-ortho nitro benzene ring substituents is 1.